The van der Waals surface area contributed by atoms with Crippen molar-refractivity contribution in [2.75, 3.05) is 30.4 Å². The number of aliphatic hydroxyl groups is 1. The zero-order valence-electron chi connectivity index (χ0n) is 24.5. The van der Waals surface area contributed by atoms with Gasteiger partial charge in [0, 0.05) is 23.6 Å². The van der Waals surface area contributed by atoms with E-state index in [1.165, 1.54) is 0 Å². The van der Waals surface area contributed by atoms with E-state index in [9.17, 15) is 19.5 Å². The zero-order chi connectivity index (χ0) is 30.1. The summed E-state index contributed by atoms with van der Waals surface area (Å²) in [7, 11) is 0. The smallest absolute Gasteiger partial charge is 0.248 e. The summed E-state index contributed by atoms with van der Waals surface area (Å²) in [6.45, 7) is 6.98. The molecule has 2 aromatic rings. The number of aryl methyl sites for hydroxylation is 1. The van der Waals surface area contributed by atoms with E-state index in [-0.39, 0.29) is 24.3 Å². The molecular weight excluding hydrogens is 574 g/mol. The lowest BCUT2D eigenvalue weighted by atomic mass is 9.66. The molecule has 3 amide bonds. The number of aliphatic hydroxyl groups excluding tert-OH is 1. The summed E-state index contributed by atoms with van der Waals surface area (Å²) in [5.74, 6) is -1.05. The fourth-order valence-corrected chi connectivity index (χ4v) is 9.74. The van der Waals surface area contributed by atoms with Crippen molar-refractivity contribution in [3.05, 3.63) is 53.1 Å². The predicted octanol–water partition coefficient (Wildman–Crippen LogP) is 5.66. The molecule has 3 saturated heterocycles. The molecule has 5 rings (SSSR count). The van der Waals surface area contributed by atoms with Gasteiger partial charge in [0.15, 0.2) is 0 Å². The van der Waals surface area contributed by atoms with Gasteiger partial charge in [-0.1, -0.05) is 36.6 Å². The third-order valence-corrected chi connectivity index (χ3v) is 11.3. The summed E-state index contributed by atoms with van der Waals surface area (Å²) in [4.78, 5) is 44.1. The fraction of sp³-hybridized carbons (Fsp3) is 0.531. The average molecular weight is 614 g/mol. The van der Waals surface area contributed by atoms with Crippen molar-refractivity contribution in [2.45, 2.75) is 74.8 Å². The van der Waals surface area contributed by atoms with Gasteiger partial charge in [0.1, 0.15) is 11.8 Å². The molecule has 0 saturated carbocycles. The molecule has 1 spiro atoms. The molecule has 3 aliphatic rings. The first-order chi connectivity index (χ1) is 20.1. The first-order valence-corrected chi connectivity index (χ1v) is 16.1. The summed E-state index contributed by atoms with van der Waals surface area (Å²) >= 11 is 8.12. The van der Waals surface area contributed by atoms with Gasteiger partial charge in [-0.15, -0.1) is 11.8 Å². The van der Waals surface area contributed by atoms with Gasteiger partial charge >= 0.3 is 0 Å². The van der Waals surface area contributed by atoms with E-state index >= 15 is 0 Å². The highest BCUT2D eigenvalue weighted by atomic mass is 35.5. The van der Waals surface area contributed by atoms with Crippen molar-refractivity contribution < 1.29 is 24.2 Å². The van der Waals surface area contributed by atoms with Crippen molar-refractivity contribution in [1.82, 2.24) is 4.90 Å². The summed E-state index contributed by atoms with van der Waals surface area (Å²) in [5.41, 5.74) is 2.03. The molecule has 0 radical (unpaired) electrons. The molecule has 8 nitrogen and oxygen atoms in total. The number of amides is 3. The maximum absolute atomic E-state index is 14.3. The number of unbranched alkanes of at least 4 members (excludes halogenated alkanes) is 3. The van der Waals surface area contributed by atoms with Crippen molar-refractivity contribution in [1.29, 1.82) is 0 Å². The highest BCUT2D eigenvalue weighted by molar-refractivity contribution is 8.02. The van der Waals surface area contributed by atoms with Crippen LogP contribution < -0.4 is 15.4 Å². The van der Waals surface area contributed by atoms with Crippen LogP contribution in [0.15, 0.2) is 42.5 Å². The van der Waals surface area contributed by atoms with Crippen molar-refractivity contribution in [3.63, 3.8) is 0 Å². The van der Waals surface area contributed by atoms with E-state index in [0.29, 0.717) is 48.8 Å². The molecule has 2 bridgehead atoms. The number of halogens is 1. The zero-order valence-corrected chi connectivity index (χ0v) is 26.0. The van der Waals surface area contributed by atoms with Crippen LogP contribution in [-0.2, 0) is 14.4 Å². The SMILES string of the molecule is CCOc1ccc(NC(=O)[C@@H]2[C@H]3C(=O)N(CCCCCCO)C(C(=O)Nc4c(C)cccc4Cl)C34CC[C@@]2(C)S4)cc1. The minimum absolute atomic E-state index is 0.129. The van der Waals surface area contributed by atoms with Crippen LogP contribution in [0, 0.1) is 18.8 Å². The second-order valence-electron chi connectivity index (χ2n) is 11.8. The topological polar surface area (TPSA) is 108 Å². The molecule has 0 aliphatic carbocycles. The summed E-state index contributed by atoms with van der Waals surface area (Å²) < 4.78 is 4.34. The van der Waals surface area contributed by atoms with Gasteiger partial charge < -0.3 is 25.4 Å². The van der Waals surface area contributed by atoms with E-state index in [4.69, 9.17) is 16.3 Å². The number of likely N-dealkylation sites (tertiary alicyclic amines) is 1. The molecule has 3 N–H and O–H groups in total. The second-order valence-corrected chi connectivity index (χ2v) is 14.1. The Bertz CT molecular complexity index is 1320. The molecule has 10 heteroatoms. The quantitative estimate of drug-likeness (QED) is 0.267. The first-order valence-electron chi connectivity index (χ1n) is 14.9. The lowest BCUT2D eigenvalue weighted by Gasteiger charge is -2.35. The third kappa shape index (κ3) is 5.51. The number of rotatable bonds is 12. The number of hydrogen-bond donors (Lipinski definition) is 3. The van der Waals surface area contributed by atoms with E-state index in [1.807, 2.05) is 38.1 Å². The van der Waals surface area contributed by atoms with Crippen LogP contribution in [0.5, 0.6) is 5.75 Å². The fourth-order valence-electron chi connectivity index (χ4n) is 7.12. The number of para-hydroxylation sites is 1. The monoisotopic (exact) mass is 613 g/mol. The van der Waals surface area contributed by atoms with Crippen LogP contribution >= 0.6 is 23.4 Å². The minimum atomic E-state index is -0.724. The Morgan fingerprint density at radius 2 is 1.81 bits per heavy atom. The number of carbonyl (C=O) groups is 3. The third-order valence-electron chi connectivity index (χ3n) is 9.02. The Kier molecular flexibility index (Phi) is 9.11. The van der Waals surface area contributed by atoms with Gasteiger partial charge in [-0.05, 0) is 82.3 Å². The number of hydrogen-bond acceptors (Lipinski definition) is 6. The normalized spacial score (nSPS) is 27.7. The van der Waals surface area contributed by atoms with Gasteiger partial charge in [0.2, 0.25) is 17.7 Å². The Morgan fingerprint density at radius 3 is 2.50 bits per heavy atom. The van der Waals surface area contributed by atoms with Crippen molar-refractivity contribution in [2.24, 2.45) is 11.8 Å². The Morgan fingerprint density at radius 1 is 1.07 bits per heavy atom. The molecule has 5 atom stereocenters. The molecule has 3 fully saturated rings. The second kappa shape index (κ2) is 12.5. The number of carbonyl (C=O) groups excluding carboxylic acids is 3. The molecule has 226 valence electrons. The van der Waals surface area contributed by atoms with E-state index in [2.05, 4.69) is 17.6 Å². The van der Waals surface area contributed by atoms with Gasteiger partial charge in [-0.3, -0.25) is 14.4 Å². The summed E-state index contributed by atoms with van der Waals surface area (Å²) in [5, 5.41) is 15.7. The Labute approximate surface area is 256 Å². The molecule has 3 aliphatic heterocycles. The van der Waals surface area contributed by atoms with Gasteiger partial charge in [0.25, 0.3) is 0 Å². The number of nitrogens with one attached hydrogen (secondary N) is 2. The number of anilines is 2. The lowest BCUT2D eigenvalue weighted by Crippen LogP contribution is -2.52. The van der Waals surface area contributed by atoms with Crippen LogP contribution in [0.3, 0.4) is 0 Å². The number of thioether (sulfide) groups is 1. The number of benzene rings is 2. The largest absolute Gasteiger partial charge is 0.494 e. The standard InChI is InChI=1S/C32H40ClN3O5S/c1-4-41-22-14-12-21(13-15-22)34-28(38)24-25-30(40)36(18-7-5-6-8-19-37)27(32(25)17-16-31(24,3)42-32)29(39)35-26-20(2)10-9-11-23(26)33/h9-15,24-25,27,37H,4-8,16-19H2,1-3H3,(H,34,38)(H,35,39)/t24-,25-,27?,31+,32?/m0/s1. The van der Waals surface area contributed by atoms with Crippen molar-refractivity contribution >= 4 is 52.5 Å². The van der Waals surface area contributed by atoms with Gasteiger partial charge in [-0.25, -0.2) is 0 Å². The maximum atomic E-state index is 14.3. The van der Waals surface area contributed by atoms with Crippen LogP contribution in [0.1, 0.15) is 57.9 Å². The molecule has 2 aromatic carbocycles. The molecule has 3 heterocycles. The molecular formula is C32H40ClN3O5S. The highest BCUT2D eigenvalue weighted by Gasteiger charge is 2.77. The summed E-state index contributed by atoms with van der Waals surface area (Å²) in [6, 6.07) is 12.0. The van der Waals surface area contributed by atoms with Crippen molar-refractivity contribution in [3.8, 4) is 5.75 Å². The van der Waals surface area contributed by atoms with Crippen LogP contribution in [-0.4, -0.2) is 63.0 Å². The molecule has 2 unspecified atom stereocenters. The Balaban J connectivity index is 1.44. The summed E-state index contributed by atoms with van der Waals surface area (Å²) in [6.07, 6.45) is 4.53. The molecule has 0 aromatic heterocycles. The Hall–Kier alpha value is -2.75. The predicted molar refractivity (Wildman–Crippen MR) is 167 cm³/mol. The highest BCUT2D eigenvalue weighted by Crippen LogP contribution is 2.71. The number of fused-ring (bicyclic) bond motifs is 1. The number of nitrogens with zero attached hydrogens (tertiary/aromatic N) is 1. The van der Waals surface area contributed by atoms with E-state index in [0.717, 1.165) is 30.6 Å². The van der Waals surface area contributed by atoms with Crippen LogP contribution in [0.4, 0.5) is 11.4 Å². The van der Waals surface area contributed by atoms with Gasteiger partial charge in [0.05, 0.1) is 33.9 Å². The van der Waals surface area contributed by atoms with E-state index < -0.39 is 27.4 Å². The number of ether oxygens (including phenoxy) is 1. The molecule has 42 heavy (non-hydrogen) atoms. The van der Waals surface area contributed by atoms with Crippen LogP contribution in [0.25, 0.3) is 0 Å². The first kappa shape index (κ1) is 30.7. The average Bonchev–Trinajstić information content (AvgIpc) is 3.52. The van der Waals surface area contributed by atoms with Gasteiger partial charge in [-0.2, -0.15) is 0 Å². The van der Waals surface area contributed by atoms with E-state index in [1.54, 1.807) is 34.9 Å². The minimum Gasteiger partial charge on any atom is -0.494 e. The maximum Gasteiger partial charge on any atom is 0.248 e. The van der Waals surface area contributed by atoms with Crippen LogP contribution in [0.2, 0.25) is 5.02 Å². The lowest BCUT2D eigenvalue weighted by molar-refractivity contribution is -0.139.